The highest BCUT2D eigenvalue weighted by Gasteiger charge is 2.33. The van der Waals surface area contributed by atoms with E-state index in [1.54, 1.807) is 12.1 Å². The lowest BCUT2D eigenvalue weighted by molar-refractivity contribution is -0.384. The summed E-state index contributed by atoms with van der Waals surface area (Å²) in [7, 11) is 1.46. The quantitative estimate of drug-likeness (QED) is 0.521. The van der Waals surface area contributed by atoms with Gasteiger partial charge in [0, 0.05) is 50.4 Å². The maximum absolute atomic E-state index is 12.7. The van der Waals surface area contributed by atoms with Crippen molar-refractivity contribution in [3.05, 3.63) is 58.1 Å². The van der Waals surface area contributed by atoms with Gasteiger partial charge in [-0.15, -0.1) is 13.2 Å². The number of methoxy groups -OCH3 is 1. The molecule has 11 heteroatoms. The van der Waals surface area contributed by atoms with Crippen LogP contribution in [0.1, 0.15) is 11.6 Å². The van der Waals surface area contributed by atoms with Crippen molar-refractivity contribution in [1.82, 2.24) is 4.90 Å². The fourth-order valence-corrected chi connectivity index (χ4v) is 3.59. The number of alkyl halides is 3. The number of para-hydroxylation sites is 1. The van der Waals surface area contributed by atoms with Crippen molar-refractivity contribution in [3.8, 4) is 11.5 Å². The molecule has 0 saturated carbocycles. The summed E-state index contributed by atoms with van der Waals surface area (Å²) in [6.45, 7) is 2.83. The highest BCUT2D eigenvalue weighted by Crippen LogP contribution is 2.33. The average Bonchev–Trinajstić information content (AvgIpc) is 2.73. The second kappa shape index (κ2) is 9.40. The Bertz CT molecular complexity index is 918. The minimum Gasteiger partial charge on any atom is -0.494 e. The van der Waals surface area contributed by atoms with Gasteiger partial charge in [0.05, 0.1) is 23.8 Å². The molecule has 1 fully saturated rings. The number of ether oxygens (including phenoxy) is 2. The Balaban J connectivity index is 1.63. The van der Waals surface area contributed by atoms with Crippen molar-refractivity contribution in [1.29, 1.82) is 0 Å². The first-order chi connectivity index (χ1) is 14.7. The predicted octanol–water partition coefficient (Wildman–Crippen LogP) is 3.32. The Hall–Kier alpha value is -3.05. The van der Waals surface area contributed by atoms with Crippen LogP contribution in [0.4, 0.5) is 24.5 Å². The third-order valence-corrected chi connectivity index (χ3v) is 5.09. The van der Waals surface area contributed by atoms with E-state index < -0.39 is 17.3 Å². The summed E-state index contributed by atoms with van der Waals surface area (Å²) in [5, 5.41) is 11.0. The van der Waals surface area contributed by atoms with Crippen molar-refractivity contribution in [2.45, 2.75) is 12.4 Å². The molecule has 0 amide bonds. The highest BCUT2D eigenvalue weighted by atomic mass is 19.4. The molecule has 1 aliphatic heterocycles. The van der Waals surface area contributed by atoms with E-state index in [0.29, 0.717) is 44.0 Å². The zero-order valence-electron chi connectivity index (χ0n) is 16.8. The molecule has 1 saturated heterocycles. The van der Waals surface area contributed by atoms with Gasteiger partial charge in [-0.2, -0.15) is 0 Å². The molecule has 31 heavy (non-hydrogen) atoms. The topological polar surface area (TPSA) is 94.1 Å². The SMILES string of the molecule is COc1cc([N+](=O)[O-])ccc1N1CCN(CC(N)c2ccccc2OC(F)(F)F)CC1. The molecule has 168 valence electrons. The van der Waals surface area contributed by atoms with Gasteiger partial charge in [0.25, 0.3) is 5.69 Å². The standard InChI is InChI=1S/C20H23F3N4O4/c1-30-19-12-14(27(28)29)6-7-17(19)26-10-8-25(9-11-26)13-16(24)15-4-2-3-5-18(15)31-20(21,22)23/h2-7,12,16H,8-11,13,24H2,1H3. The molecule has 0 radical (unpaired) electrons. The van der Waals surface area contributed by atoms with Crippen molar-refractivity contribution < 1.29 is 27.6 Å². The largest absolute Gasteiger partial charge is 0.573 e. The summed E-state index contributed by atoms with van der Waals surface area (Å²) in [6.07, 6.45) is -4.79. The first-order valence-electron chi connectivity index (χ1n) is 9.58. The van der Waals surface area contributed by atoms with Crippen molar-refractivity contribution in [2.24, 2.45) is 5.73 Å². The van der Waals surface area contributed by atoms with Gasteiger partial charge < -0.3 is 20.1 Å². The lowest BCUT2D eigenvalue weighted by Crippen LogP contribution is -2.48. The Kier molecular flexibility index (Phi) is 6.86. The number of anilines is 1. The van der Waals surface area contributed by atoms with E-state index >= 15 is 0 Å². The first-order valence-corrected chi connectivity index (χ1v) is 9.58. The Morgan fingerprint density at radius 3 is 2.42 bits per heavy atom. The molecule has 1 unspecified atom stereocenters. The van der Waals surface area contributed by atoms with Gasteiger partial charge in [-0.25, -0.2) is 0 Å². The molecule has 2 aromatic rings. The van der Waals surface area contributed by atoms with E-state index in [1.807, 2.05) is 4.90 Å². The summed E-state index contributed by atoms with van der Waals surface area (Å²) in [5.41, 5.74) is 7.19. The third-order valence-electron chi connectivity index (χ3n) is 5.09. The number of benzene rings is 2. The Labute approximate surface area is 177 Å². The molecule has 1 heterocycles. The normalized spacial score (nSPS) is 16.1. The number of hydrogen-bond acceptors (Lipinski definition) is 7. The van der Waals surface area contributed by atoms with Crippen LogP contribution >= 0.6 is 0 Å². The van der Waals surface area contributed by atoms with E-state index in [1.165, 1.54) is 37.4 Å². The van der Waals surface area contributed by atoms with Crippen molar-refractivity contribution in [3.63, 3.8) is 0 Å². The van der Waals surface area contributed by atoms with Crippen LogP contribution in [0.5, 0.6) is 11.5 Å². The Morgan fingerprint density at radius 2 is 1.81 bits per heavy atom. The summed E-state index contributed by atoms with van der Waals surface area (Å²) < 4.78 is 47.4. The highest BCUT2D eigenvalue weighted by molar-refractivity contribution is 5.62. The lowest BCUT2D eigenvalue weighted by atomic mass is 10.1. The summed E-state index contributed by atoms with van der Waals surface area (Å²) >= 11 is 0. The molecule has 0 bridgehead atoms. The van der Waals surface area contributed by atoms with E-state index in [0.717, 1.165) is 5.69 Å². The van der Waals surface area contributed by atoms with Crippen LogP contribution in [0.25, 0.3) is 0 Å². The number of rotatable bonds is 7. The van der Waals surface area contributed by atoms with Gasteiger partial charge in [0.2, 0.25) is 0 Å². The maximum Gasteiger partial charge on any atom is 0.573 e. The van der Waals surface area contributed by atoms with Gasteiger partial charge in [-0.05, 0) is 12.1 Å². The predicted molar refractivity (Wildman–Crippen MR) is 108 cm³/mol. The van der Waals surface area contributed by atoms with Crippen LogP contribution in [0.3, 0.4) is 0 Å². The van der Waals surface area contributed by atoms with E-state index in [4.69, 9.17) is 10.5 Å². The van der Waals surface area contributed by atoms with Crippen LogP contribution in [0.2, 0.25) is 0 Å². The molecule has 2 aromatic carbocycles. The number of hydrogen-bond donors (Lipinski definition) is 1. The minimum atomic E-state index is -4.79. The minimum absolute atomic E-state index is 0.0510. The number of halogens is 3. The number of nitrogens with zero attached hydrogens (tertiary/aromatic N) is 3. The molecule has 8 nitrogen and oxygen atoms in total. The summed E-state index contributed by atoms with van der Waals surface area (Å²) in [5.74, 6) is 0.120. The van der Waals surface area contributed by atoms with Crippen molar-refractivity contribution >= 4 is 11.4 Å². The van der Waals surface area contributed by atoms with Gasteiger partial charge in [0.1, 0.15) is 11.5 Å². The fourth-order valence-electron chi connectivity index (χ4n) is 3.59. The zero-order chi connectivity index (χ0) is 22.6. The van der Waals surface area contributed by atoms with E-state index in [2.05, 4.69) is 9.64 Å². The molecule has 0 spiro atoms. The molecule has 3 rings (SSSR count). The zero-order valence-corrected chi connectivity index (χ0v) is 16.8. The van der Waals surface area contributed by atoms with Crippen molar-refractivity contribution in [2.75, 3.05) is 44.7 Å². The fraction of sp³-hybridized carbons (Fsp3) is 0.400. The number of nitrogens with two attached hydrogens (primary N) is 1. The maximum atomic E-state index is 12.7. The molecular weight excluding hydrogens is 417 g/mol. The third kappa shape index (κ3) is 5.76. The molecule has 1 atom stereocenters. The number of nitro benzene ring substituents is 1. The summed E-state index contributed by atoms with van der Waals surface area (Å²) in [4.78, 5) is 14.6. The van der Waals surface area contributed by atoms with Crippen LogP contribution in [0.15, 0.2) is 42.5 Å². The van der Waals surface area contributed by atoms with Crippen LogP contribution in [-0.2, 0) is 0 Å². The van der Waals surface area contributed by atoms with E-state index in [-0.39, 0.29) is 11.4 Å². The van der Waals surface area contributed by atoms with Gasteiger partial charge >= 0.3 is 6.36 Å². The van der Waals surface area contributed by atoms with Crippen LogP contribution < -0.4 is 20.1 Å². The molecule has 2 N–H and O–H groups in total. The van der Waals surface area contributed by atoms with Gasteiger partial charge in [-0.1, -0.05) is 18.2 Å². The second-order valence-corrected chi connectivity index (χ2v) is 7.09. The second-order valence-electron chi connectivity index (χ2n) is 7.09. The van der Waals surface area contributed by atoms with E-state index in [9.17, 15) is 23.3 Å². The van der Waals surface area contributed by atoms with Crippen LogP contribution in [-0.4, -0.2) is 56.0 Å². The molecular formula is C20H23F3N4O4. The number of piperazine rings is 1. The van der Waals surface area contributed by atoms with Gasteiger partial charge in [-0.3, -0.25) is 15.0 Å². The molecule has 1 aliphatic rings. The monoisotopic (exact) mass is 440 g/mol. The number of non-ortho nitro benzene ring substituents is 1. The molecule has 0 aliphatic carbocycles. The smallest absolute Gasteiger partial charge is 0.494 e. The Morgan fingerprint density at radius 1 is 1.13 bits per heavy atom. The van der Waals surface area contributed by atoms with Crippen LogP contribution in [0, 0.1) is 10.1 Å². The summed E-state index contributed by atoms with van der Waals surface area (Å²) in [6, 6.07) is 9.69. The number of nitro groups is 1. The van der Waals surface area contributed by atoms with Gasteiger partial charge in [0.15, 0.2) is 0 Å². The lowest BCUT2D eigenvalue weighted by Gasteiger charge is -2.37. The molecule has 0 aromatic heterocycles. The first kappa shape index (κ1) is 22.6. The average molecular weight is 440 g/mol.